The van der Waals surface area contributed by atoms with Gasteiger partial charge in [-0.25, -0.2) is 4.98 Å². The molecule has 5 nitrogen and oxygen atoms in total. The summed E-state index contributed by atoms with van der Waals surface area (Å²) < 4.78 is 5.85. The highest BCUT2D eigenvalue weighted by molar-refractivity contribution is 5.15. The maximum absolute atomic E-state index is 8.94. The lowest BCUT2D eigenvalue weighted by atomic mass is 10.2. The van der Waals surface area contributed by atoms with Gasteiger partial charge in [-0.15, -0.1) is 0 Å². The Morgan fingerprint density at radius 2 is 2.05 bits per heavy atom. The van der Waals surface area contributed by atoms with E-state index in [9.17, 15) is 0 Å². The second-order valence-corrected chi connectivity index (χ2v) is 5.25. The number of aromatic nitrogens is 2. The van der Waals surface area contributed by atoms with Crippen molar-refractivity contribution in [1.29, 1.82) is 0 Å². The molecule has 0 radical (unpaired) electrons. The molecule has 1 aliphatic rings. The first-order valence-corrected chi connectivity index (χ1v) is 7.18. The molecule has 0 saturated carbocycles. The Bertz CT molecular complexity index is 559. The fourth-order valence-electron chi connectivity index (χ4n) is 2.53. The minimum absolute atomic E-state index is 0.0957. The molecule has 1 aromatic carbocycles. The van der Waals surface area contributed by atoms with Gasteiger partial charge in [0.1, 0.15) is 6.10 Å². The maximum Gasteiger partial charge on any atom is 0.232 e. The van der Waals surface area contributed by atoms with Crippen LogP contribution in [0.2, 0.25) is 0 Å². The van der Waals surface area contributed by atoms with Gasteiger partial charge in [0.2, 0.25) is 5.88 Å². The Morgan fingerprint density at radius 3 is 2.76 bits per heavy atom. The van der Waals surface area contributed by atoms with Crippen LogP contribution in [0.4, 0.5) is 0 Å². The molecular weight excluding hydrogens is 266 g/mol. The van der Waals surface area contributed by atoms with Crippen LogP contribution in [0.3, 0.4) is 0 Å². The molecule has 110 valence electrons. The van der Waals surface area contributed by atoms with Gasteiger partial charge >= 0.3 is 0 Å². The molecule has 1 N–H and O–H groups in total. The Kier molecular flexibility index (Phi) is 4.43. The predicted octanol–water partition coefficient (Wildman–Crippen LogP) is 1.62. The van der Waals surface area contributed by atoms with Gasteiger partial charge in [-0.2, -0.15) is 0 Å². The average molecular weight is 285 g/mol. The van der Waals surface area contributed by atoms with Crippen LogP contribution in [0.1, 0.15) is 17.7 Å². The molecule has 2 heterocycles. The molecule has 21 heavy (non-hydrogen) atoms. The van der Waals surface area contributed by atoms with Gasteiger partial charge in [-0.3, -0.25) is 9.88 Å². The van der Waals surface area contributed by atoms with Gasteiger partial charge in [0, 0.05) is 19.6 Å². The van der Waals surface area contributed by atoms with Crippen LogP contribution in [-0.4, -0.2) is 39.2 Å². The van der Waals surface area contributed by atoms with E-state index in [0.717, 1.165) is 26.1 Å². The highest BCUT2D eigenvalue weighted by atomic mass is 16.5. The molecule has 1 atom stereocenters. The molecule has 3 rings (SSSR count). The number of rotatable bonds is 5. The van der Waals surface area contributed by atoms with E-state index in [-0.39, 0.29) is 12.7 Å². The van der Waals surface area contributed by atoms with E-state index in [1.807, 2.05) is 6.07 Å². The molecular formula is C16H19N3O2. The minimum atomic E-state index is -0.0957. The van der Waals surface area contributed by atoms with Gasteiger partial charge in [-0.1, -0.05) is 30.3 Å². The number of nitrogens with zero attached hydrogens (tertiary/aromatic N) is 3. The van der Waals surface area contributed by atoms with Crippen LogP contribution in [0.5, 0.6) is 5.88 Å². The standard InChI is InChI=1S/C16H19N3O2/c20-12-14-8-18-16(9-17-14)21-15-6-7-19(11-15)10-13-4-2-1-3-5-13/h1-5,8-9,15,20H,6-7,10-12H2. The quantitative estimate of drug-likeness (QED) is 0.904. The highest BCUT2D eigenvalue weighted by Gasteiger charge is 2.24. The smallest absolute Gasteiger partial charge is 0.232 e. The molecule has 1 unspecified atom stereocenters. The summed E-state index contributed by atoms with van der Waals surface area (Å²) in [6.45, 7) is 2.79. The molecule has 1 aromatic heterocycles. The van der Waals surface area contributed by atoms with E-state index >= 15 is 0 Å². The molecule has 0 aliphatic carbocycles. The van der Waals surface area contributed by atoms with Crippen molar-refractivity contribution in [1.82, 2.24) is 14.9 Å². The lowest BCUT2D eigenvalue weighted by molar-refractivity contribution is 0.190. The zero-order valence-corrected chi connectivity index (χ0v) is 11.9. The zero-order valence-electron chi connectivity index (χ0n) is 11.9. The van der Waals surface area contributed by atoms with Crippen molar-refractivity contribution < 1.29 is 9.84 Å². The van der Waals surface area contributed by atoms with Gasteiger partial charge < -0.3 is 9.84 Å². The van der Waals surface area contributed by atoms with E-state index < -0.39 is 0 Å². The van der Waals surface area contributed by atoms with Crippen LogP contribution < -0.4 is 4.74 Å². The van der Waals surface area contributed by atoms with Gasteiger partial charge in [0.15, 0.2) is 0 Å². The third-order valence-corrected chi connectivity index (χ3v) is 3.61. The predicted molar refractivity (Wildman–Crippen MR) is 78.7 cm³/mol. The second-order valence-electron chi connectivity index (χ2n) is 5.25. The second kappa shape index (κ2) is 6.65. The number of aliphatic hydroxyl groups is 1. The number of hydrogen-bond acceptors (Lipinski definition) is 5. The lowest BCUT2D eigenvalue weighted by Gasteiger charge is -2.16. The summed E-state index contributed by atoms with van der Waals surface area (Å²) in [5, 5.41) is 8.94. The van der Waals surface area contributed by atoms with E-state index in [4.69, 9.17) is 9.84 Å². The lowest BCUT2D eigenvalue weighted by Crippen LogP contribution is -2.24. The zero-order chi connectivity index (χ0) is 14.5. The van der Waals surface area contributed by atoms with E-state index in [1.54, 1.807) is 12.4 Å². The summed E-state index contributed by atoms with van der Waals surface area (Å²) >= 11 is 0. The highest BCUT2D eigenvalue weighted by Crippen LogP contribution is 2.18. The van der Waals surface area contributed by atoms with Crippen LogP contribution in [0.15, 0.2) is 42.7 Å². The Labute approximate surface area is 124 Å². The van der Waals surface area contributed by atoms with Crippen molar-refractivity contribution in [3.05, 3.63) is 54.0 Å². The molecule has 2 aromatic rings. The number of benzene rings is 1. The Hall–Kier alpha value is -1.98. The number of hydrogen-bond donors (Lipinski definition) is 1. The van der Waals surface area contributed by atoms with E-state index in [0.29, 0.717) is 11.6 Å². The average Bonchev–Trinajstić information content (AvgIpc) is 2.96. The fourth-order valence-corrected chi connectivity index (χ4v) is 2.53. The Balaban J connectivity index is 1.52. The number of ether oxygens (including phenoxy) is 1. The first-order valence-electron chi connectivity index (χ1n) is 7.18. The SMILES string of the molecule is OCc1cnc(OC2CCN(Cc3ccccc3)C2)cn1. The van der Waals surface area contributed by atoms with Crippen LogP contribution >= 0.6 is 0 Å². The number of aliphatic hydroxyl groups excluding tert-OH is 1. The van der Waals surface area contributed by atoms with E-state index in [2.05, 4.69) is 39.1 Å². The van der Waals surface area contributed by atoms with Crippen LogP contribution in [0, 0.1) is 0 Å². The van der Waals surface area contributed by atoms with Crippen molar-refractivity contribution in [2.75, 3.05) is 13.1 Å². The summed E-state index contributed by atoms with van der Waals surface area (Å²) in [5.74, 6) is 0.527. The van der Waals surface area contributed by atoms with Crippen molar-refractivity contribution in [3.63, 3.8) is 0 Å². The summed E-state index contributed by atoms with van der Waals surface area (Å²) in [4.78, 5) is 10.6. The molecule has 5 heteroatoms. The number of likely N-dealkylation sites (tertiary alicyclic amines) is 1. The maximum atomic E-state index is 8.94. The largest absolute Gasteiger partial charge is 0.472 e. The molecule has 1 aliphatic heterocycles. The summed E-state index contributed by atoms with van der Waals surface area (Å²) in [5.41, 5.74) is 1.88. The third kappa shape index (κ3) is 3.77. The first-order chi connectivity index (χ1) is 10.3. The van der Waals surface area contributed by atoms with Crippen LogP contribution in [-0.2, 0) is 13.2 Å². The van der Waals surface area contributed by atoms with Gasteiger partial charge in [0.05, 0.1) is 24.7 Å². The first kappa shape index (κ1) is 14.0. The summed E-state index contributed by atoms with van der Waals surface area (Å²) in [6, 6.07) is 10.5. The Morgan fingerprint density at radius 1 is 1.19 bits per heavy atom. The minimum Gasteiger partial charge on any atom is -0.472 e. The van der Waals surface area contributed by atoms with E-state index in [1.165, 1.54) is 5.56 Å². The van der Waals surface area contributed by atoms with Crippen molar-refractivity contribution in [2.24, 2.45) is 0 Å². The van der Waals surface area contributed by atoms with Gasteiger partial charge in [0.25, 0.3) is 0 Å². The molecule has 0 spiro atoms. The van der Waals surface area contributed by atoms with Crippen molar-refractivity contribution in [2.45, 2.75) is 25.7 Å². The summed E-state index contributed by atoms with van der Waals surface area (Å²) in [7, 11) is 0. The molecule has 0 amide bonds. The fraction of sp³-hybridized carbons (Fsp3) is 0.375. The third-order valence-electron chi connectivity index (χ3n) is 3.61. The molecule has 1 fully saturated rings. The van der Waals surface area contributed by atoms with Gasteiger partial charge in [-0.05, 0) is 12.0 Å². The summed E-state index contributed by atoms with van der Waals surface area (Å²) in [6.07, 6.45) is 4.27. The van der Waals surface area contributed by atoms with Crippen molar-refractivity contribution >= 4 is 0 Å². The van der Waals surface area contributed by atoms with Crippen molar-refractivity contribution in [3.8, 4) is 5.88 Å². The topological polar surface area (TPSA) is 58.5 Å². The normalized spacial score (nSPS) is 18.8. The van der Waals surface area contributed by atoms with Crippen LogP contribution in [0.25, 0.3) is 0 Å². The monoisotopic (exact) mass is 285 g/mol. The molecule has 1 saturated heterocycles. The molecule has 0 bridgehead atoms.